The Morgan fingerprint density at radius 3 is 2.60 bits per heavy atom. The first-order chi connectivity index (χ1) is 6.94. The summed E-state index contributed by atoms with van der Waals surface area (Å²) in [6, 6.07) is 0.770. The van der Waals surface area contributed by atoms with Gasteiger partial charge in [-0.05, 0) is 43.1 Å². The molecule has 0 amide bonds. The Morgan fingerprint density at radius 1 is 1.40 bits per heavy atom. The van der Waals surface area contributed by atoms with Gasteiger partial charge in [0.2, 0.25) is 0 Å². The van der Waals surface area contributed by atoms with E-state index in [9.17, 15) is 0 Å². The molecule has 15 heavy (non-hydrogen) atoms. The Labute approximate surface area is 96.0 Å². The standard InChI is InChI=1S/C14H29N/c1-6-11(2)10-15-13-7-8-14(4,5)9-12(13)3/h11-13,15H,6-10H2,1-5H3. The summed E-state index contributed by atoms with van der Waals surface area (Å²) in [7, 11) is 0. The van der Waals surface area contributed by atoms with Gasteiger partial charge < -0.3 is 5.32 Å². The van der Waals surface area contributed by atoms with Gasteiger partial charge in [0.1, 0.15) is 0 Å². The van der Waals surface area contributed by atoms with Crippen LogP contribution in [0.2, 0.25) is 0 Å². The van der Waals surface area contributed by atoms with Crippen molar-refractivity contribution < 1.29 is 0 Å². The van der Waals surface area contributed by atoms with Gasteiger partial charge in [-0.15, -0.1) is 0 Å². The van der Waals surface area contributed by atoms with Crippen LogP contribution in [0.4, 0.5) is 0 Å². The summed E-state index contributed by atoms with van der Waals surface area (Å²) in [6.07, 6.45) is 5.42. The molecule has 1 N–H and O–H groups in total. The van der Waals surface area contributed by atoms with Gasteiger partial charge in [-0.2, -0.15) is 0 Å². The van der Waals surface area contributed by atoms with Crippen LogP contribution < -0.4 is 5.32 Å². The SMILES string of the molecule is CCC(C)CNC1CCC(C)(C)CC1C. The molecule has 0 aliphatic heterocycles. The molecule has 1 aliphatic carbocycles. The van der Waals surface area contributed by atoms with Crippen LogP contribution in [0.5, 0.6) is 0 Å². The molecule has 1 fully saturated rings. The highest BCUT2D eigenvalue weighted by Crippen LogP contribution is 2.38. The van der Waals surface area contributed by atoms with Gasteiger partial charge in [0.15, 0.2) is 0 Å². The van der Waals surface area contributed by atoms with Crippen LogP contribution in [0.1, 0.15) is 60.3 Å². The predicted octanol–water partition coefficient (Wildman–Crippen LogP) is 3.84. The van der Waals surface area contributed by atoms with Crippen LogP contribution in [-0.2, 0) is 0 Å². The summed E-state index contributed by atoms with van der Waals surface area (Å²) < 4.78 is 0. The topological polar surface area (TPSA) is 12.0 Å². The molecule has 1 nitrogen and oxygen atoms in total. The third kappa shape index (κ3) is 4.14. The molecular weight excluding hydrogens is 182 g/mol. The Bertz CT molecular complexity index is 186. The van der Waals surface area contributed by atoms with Gasteiger partial charge in [0.05, 0.1) is 0 Å². The van der Waals surface area contributed by atoms with Crippen molar-refractivity contribution in [1.29, 1.82) is 0 Å². The van der Waals surface area contributed by atoms with Crippen LogP contribution in [0.25, 0.3) is 0 Å². The lowest BCUT2D eigenvalue weighted by molar-refractivity contribution is 0.146. The fourth-order valence-corrected chi connectivity index (χ4v) is 2.75. The van der Waals surface area contributed by atoms with E-state index in [0.29, 0.717) is 5.41 Å². The summed E-state index contributed by atoms with van der Waals surface area (Å²) in [6.45, 7) is 13.0. The summed E-state index contributed by atoms with van der Waals surface area (Å²) in [5.41, 5.74) is 0.577. The van der Waals surface area contributed by atoms with E-state index >= 15 is 0 Å². The molecule has 0 aromatic rings. The second-order valence-electron chi connectivity index (χ2n) is 6.41. The average molecular weight is 211 g/mol. The molecule has 3 atom stereocenters. The number of hydrogen-bond donors (Lipinski definition) is 1. The van der Waals surface area contributed by atoms with Crippen molar-refractivity contribution in [3.05, 3.63) is 0 Å². The van der Waals surface area contributed by atoms with Crippen molar-refractivity contribution in [3.63, 3.8) is 0 Å². The van der Waals surface area contributed by atoms with Crippen molar-refractivity contribution >= 4 is 0 Å². The molecule has 1 rings (SSSR count). The van der Waals surface area contributed by atoms with Crippen molar-refractivity contribution in [2.75, 3.05) is 6.54 Å². The molecule has 0 aromatic heterocycles. The molecule has 0 bridgehead atoms. The Morgan fingerprint density at radius 2 is 2.07 bits per heavy atom. The highest BCUT2D eigenvalue weighted by molar-refractivity contribution is 4.86. The van der Waals surface area contributed by atoms with Crippen molar-refractivity contribution in [2.24, 2.45) is 17.3 Å². The van der Waals surface area contributed by atoms with E-state index < -0.39 is 0 Å². The van der Waals surface area contributed by atoms with Crippen molar-refractivity contribution in [1.82, 2.24) is 5.32 Å². The van der Waals surface area contributed by atoms with Gasteiger partial charge in [-0.25, -0.2) is 0 Å². The molecule has 1 saturated carbocycles. The minimum absolute atomic E-state index is 0.577. The van der Waals surface area contributed by atoms with Crippen LogP contribution >= 0.6 is 0 Å². The molecule has 0 heterocycles. The maximum Gasteiger partial charge on any atom is 0.00932 e. The number of hydrogen-bond acceptors (Lipinski definition) is 1. The first-order valence-corrected chi connectivity index (χ1v) is 6.68. The van der Waals surface area contributed by atoms with Crippen LogP contribution in [0.15, 0.2) is 0 Å². The molecule has 3 unspecified atom stereocenters. The lowest BCUT2D eigenvalue weighted by Gasteiger charge is -2.40. The number of nitrogens with one attached hydrogen (secondary N) is 1. The zero-order valence-corrected chi connectivity index (χ0v) is 11.3. The minimum atomic E-state index is 0.577. The van der Waals surface area contributed by atoms with Crippen LogP contribution in [-0.4, -0.2) is 12.6 Å². The Balaban J connectivity index is 2.32. The summed E-state index contributed by atoms with van der Waals surface area (Å²) in [4.78, 5) is 0. The largest absolute Gasteiger partial charge is 0.313 e. The fourth-order valence-electron chi connectivity index (χ4n) is 2.75. The van der Waals surface area contributed by atoms with E-state index in [2.05, 4.69) is 39.9 Å². The normalized spacial score (nSPS) is 32.6. The van der Waals surface area contributed by atoms with E-state index in [1.54, 1.807) is 0 Å². The van der Waals surface area contributed by atoms with E-state index in [1.165, 1.54) is 32.2 Å². The molecular formula is C14H29N. The van der Waals surface area contributed by atoms with Gasteiger partial charge in [-0.3, -0.25) is 0 Å². The predicted molar refractivity (Wildman–Crippen MR) is 68.0 cm³/mol. The smallest absolute Gasteiger partial charge is 0.00932 e. The second-order valence-corrected chi connectivity index (χ2v) is 6.41. The van der Waals surface area contributed by atoms with Crippen LogP contribution in [0.3, 0.4) is 0 Å². The highest BCUT2D eigenvalue weighted by atomic mass is 14.9. The van der Waals surface area contributed by atoms with E-state index in [-0.39, 0.29) is 0 Å². The fraction of sp³-hybridized carbons (Fsp3) is 1.00. The van der Waals surface area contributed by atoms with Crippen molar-refractivity contribution in [2.45, 2.75) is 66.3 Å². The van der Waals surface area contributed by atoms with E-state index in [4.69, 9.17) is 0 Å². The molecule has 0 radical (unpaired) electrons. The quantitative estimate of drug-likeness (QED) is 0.745. The second kappa shape index (κ2) is 5.34. The maximum absolute atomic E-state index is 3.76. The summed E-state index contributed by atoms with van der Waals surface area (Å²) in [5, 5.41) is 3.76. The molecule has 0 aromatic carbocycles. The molecule has 0 spiro atoms. The van der Waals surface area contributed by atoms with E-state index in [1.807, 2.05) is 0 Å². The zero-order chi connectivity index (χ0) is 11.5. The van der Waals surface area contributed by atoms with Crippen LogP contribution in [0, 0.1) is 17.3 Å². The minimum Gasteiger partial charge on any atom is -0.313 e. The molecule has 0 saturated heterocycles. The lowest BCUT2D eigenvalue weighted by Crippen LogP contribution is -2.43. The Kier molecular flexibility index (Phi) is 4.64. The third-order valence-electron chi connectivity index (χ3n) is 4.12. The third-order valence-corrected chi connectivity index (χ3v) is 4.12. The van der Waals surface area contributed by atoms with Gasteiger partial charge in [-0.1, -0.05) is 41.0 Å². The maximum atomic E-state index is 3.76. The van der Waals surface area contributed by atoms with Crippen molar-refractivity contribution in [3.8, 4) is 0 Å². The van der Waals surface area contributed by atoms with E-state index in [0.717, 1.165) is 17.9 Å². The van der Waals surface area contributed by atoms with Gasteiger partial charge in [0.25, 0.3) is 0 Å². The molecule has 90 valence electrons. The first kappa shape index (κ1) is 13.0. The monoisotopic (exact) mass is 211 g/mol. The van der Waals surface area contributed by atoms with Gasteiger partial charge >= 0.3 is 0 Å². The Hall–Kier alpha value is -0.0400. The molecule has 1 aliphatic rings. The lowest BCUT2D eigenvalue weighted by atomic mass is 9.70. The summed E-state index contributed by atoms with van der Waals surface area (Å²) >= 11 is 0. The van der Waals surface area contributed by atoms with Gasteiger partial charge in [0, 0.05) is 6.04 Å². The number of rotatable bonds is 4. The average Bonchev–Trinajstić information content (AvgIpc) is 2.15. The molecule has 1 heteroatoms. The first-order valence-electron chi connectivity index (χ1n) is 6.68. The zero-order valence-electron chi connectivity index (χ0n) is 11.3. The highest BCUT2D eigenvalue weighted by Gasteiger charge is 2.31. The summed E-state index contributed by atoms with van der Waals surface area (Å²) in [5.74, 6) is 1.67.